The summed E-state index contributed by atoms with van der Waals surface area (Å²) >= 11 is 0. The average molecular weight is 351 g/mol. The summed E-state index contributed by atoms with van der Waals surface area (Å²) in [6.07, 6.45) is 0. The van der Waals surface area contributed by atoms with E-state index >= 15 is 0 Å². The van der Waals surface area contributed by atoms with Gasteiger partial charge in [0.05, 0.1) is 26.3 Å². The fourth-order valence-electron chi connectivity index (χ4n) is 2.20. The average Bonchev–Trinajstić information content (AvgIpc) is 2.57. The first-order valence-corrected chi connectivity index (χ1v) is 8.31. The fourth-order valence-corrected chi connectivity index (χ4v) is 2.20. The number of hydrogen-bond donors (Lipinski definition) is 2. The highest BCUT2D eigenvalue weighted by Crippen LogP contribution is 2.18. The SMILES string of the molecule is COCCNC(=O)CN(CC(=O)NCCOC)c1ccc(C)c(C)c1. The van der Waals surface area contributed by atoms with Crippen molar-refractivity contribution in [1.82, 2.24) is 10.6 Å². The zero-order valence-corrected chi connectivity index (χ0v) is 15.6. The smallest absolute Gasteiger partial charge is 0.239 e. The third kappa shape index (κ3) is 8.00. The minimum absolute atomic E-state index is 0.101. The van der Waals surface area contributed by atoms with Crippen molar-refractivity contribution in [2.45, 2.75) is 13.8 Å². The first kappa shape index (κ1) is 20.9. The highest BCUT2D eigenvalue weighted by molar-refractivity contribution is 5.86. The van der Waals surface area contributed by atoms with Gasteiger partial charge in [-0.1, -0.05) is 6.07 Å². The van der Waals surface area contributed by atoms with E-state index in [0.29, 0.717) is 26.3 Å². The normalized spacial score (nSPS) is 10.4. The van der Waals surface area contributed by atoms with E-state index in [1.807, 2.05) is 32.0 Å². The van der Waals surface area contributed by atoms with Crippen molar-refractivity contribution < 1.29 is 19.1 Å². The minimum atomic E-state index is -0.153. The minimum Gasteiger partial charge on any atom is -0.383 e. The van der Waals surface area contributed by atoms with Crippen LogP contribution >= 0.6 is 0 Å². The van der Waals surface area contributed by atoms with E-state index in [0.717, 1.165) is 16.8 Å². The third-order valence-corrected chi connectivity index (χ3v) is 3.78. The first-order valence-electron chi connectivity index (χ1n) is 8.31. The molecule has 1 aromatic carbocycles. The van der Waals surface area contributed by atoms with E-state index in [1.165, 1.54) is 0 Å². The number of nitrogens with one attached hydrogen (secondary N) is 2. The molecule has 0 saturated carbocycles. The zero-order valence-electron chi connectivity index (χ0n) is 15.6. The number of benzene rings is 1. The van der Waals surface area contributed by atoms with Crippen LogP contribution in [-0.2, 0) is 19.1 Å². The van der Waals surface area contributed by atoms with Gasteiger partial charge < -0.3 is 25.0 Å². The van der Waals surface area contributed by atoms with E-state index in [4.69, 9.17) is 9.47 Å². The number of amides is 2. The number of rotatable bonds is 11. The zero-order chi connectivity index (χ0) is 18.7. The molecule has 2 N–H and O–H groups in total. The molecule has 0 aromatic heterocycles. The summed E-state index contributed by atoms with van der Waals surface area (Å²) in [5.74, 6) is -0.306. The molecule has 25 heavy (non-hydrogen) atoms. The van der Waals surface area contributed by atoms with E-state index in [2.05, 4.69) is 10.6 Å². The molecule has 1 rings (SSSR count). The summed E-state index contributed by atoms with van der Waals surface area (Å²) < 4.78 is 9.85. The summed E-state index contributed by atoms with van der Waals surface area (Å²) in [5.41, 5.74) is 3.12. The monoisotopic (exact) mass is 351 g/mol. The summed E-state index contributed by atoms with van der Waals surface area (Å²) in [6.45, 7) is 6.02. The summed E-state index contributed by atoms with van der Waals surface area (Å²) in [7, 11) is 3.16. The maximum atomic E-state index is 12.1. The van der Waals surface area contributed by atoms with Gasteiger partial charge in [0.2, 0.25) is 11.8 Å². The van der Waals surface area contributed by atoms with Gasteiger partial charge in [-0.15, -0.1) is 0 Å². The van der Waals surface area contributed by atoms with Gasteiger partial charge in [-0.2, -0.15) is 0 Å². The van der Waals surface area contributed by atoms with Crippen LogP contribution in [0.15, 0.2) is 18.2 Å². The van der Waals surface area contributed by atoms with Gasteiger partial charge in [-0.25, -0.2) is 0 Å². The van der Waals surface area contributed by atoms with Crippen molar-refractivity contribution in [2.24, 2.45) is 0 Å². The molecule has 0 unspecified atom stereocenters. The van der Waals surface area contributed by atoms with Gasteiger partial charge in [-0.05, 0) is 37.1 Å². The van der Waals surface area contributed by atoms with E-state index < -0.39 is 0 Å². The second kappa shape index (κ2) is 11.4. The van der Waals surface area contributed by atoms with E-state index in [-0.39, 0.29) is 24.9 Å². The van der Waals surface area contributed by atoms with Gasteiger partial charge in [0.1, 0.15) is 0 Å². The van der Waals surface area contributed by atoms with Crippen LogP contribution in [-0.4, -0.2) is 65.4 Å². The molecule has 0 aliphatic carbocycles. The summed E-state index contributed by atoms with van der Waals surface area (Å²) in [5, 5.41) is 5.56. The lowest BCUT2D eigenvalue weighted by molar-refractivity contribution is -0.120. The number of nitrogens with zero attached hydrogens (tertiary/aromatic N) is 1. The second-order valence-electron chi connectivity index (χ2n) is 5.81. The maximum Gasteiger partial charge on any atom is 0.239 e. The van der Waals surface area contributed by atoms with Crippen LogP contribution in [0.2, 0.25) is 0 Å². The molecule has 0 spiro atoms. The molecule has 0 aliphatic rings. The Morgan fingerprint density at radius 2 is 1.44 bits per heavy atom. The molecule has 2 amide bonds. The van der Waals surface area contributed by atoms with Gasteiger partial charge in [0, 0.05) is 33.0 Å². The quantitative estimate of drug-likeness (QED) is 0.572. The van der Waals surface area contributed by atoms with Crippen LogP contribution in [0.5, 0.6) is 0 Å². The van der Waals surface area contributed by atoms with Crippen molar-refractivity contribution >= 4 is 17.5 Å². The Labute approximate surface area is 149 Å². The summed E-state index contributed by atoms with van der Waals surface area (Å²) in [6, 6.07) is 5.90. The van der Waals surface area contributed by atoms with E-state index in [9.17, 15) is 9.59 Å². The Morgan fingerprint density at radius 3 is 1.88 bits per heavy atom. The molecular formula is C18H29N3O4. The number of hydrogen-bond acceptors (Lipinski definition) is 5. The van der Waals surface area contributed by atoms with Gasteiger partial charge in [-0.3, -0.25) is 9.59 Å². The van der Waals surface area contributed by atoms with Crippen molar-refractivity contribution in [3.63, 3.8) is 0 Å². The van der Waals surface area contributed by atoms with Crippen LogP contribution in [0.25, 0.3) is 0 Å². The second-order valence-corrected chi connectivity index (χ2v) is 5.81. The summed E-state index contributed by atoms with van der Waals surface area (Å²) in [4.78, 5) is 26.0. The van der Waals surface area contributed by atoms with Crippen LogP contribution in [0.4, 0.5) is 5.69 Å². The lowest BCUT2D eigenvalue weighted by Crippen LogP contribution is -2.44. The van der Waals surface area contributed by atoms with Gasteiger partial charge in [0.15, 0.2) is 0 Å². The van der Waals surface area contributed by atoms with Crippen LogP contribution in [0, 0.1) is 13.8 Å². The number of aryl methyl sites for hydroxylation is 2. The molecule has 1 aromatic rings. The molecule has 140 valence electrons. The first-order chi connectivity index (χ1) is 12.0. The topological polar surface area (TPSA) is 79.9 Å². The van der Waals surface area contributed by atoms with Crippen LogP contribution < -0.4 is 15.5 Å². The molecule has 0 heterocycles. The predicted octanol–water partition coefficient (Wildman–Crippen LogP) is 0.635. The Kier molecular flexibility index (Phi) is 9.57. The van der Waals surface area contributed by atoms with Crippen LogP contribution in [0.3, 0.4) is 0 Å². The number of anilines is 1. The number of methoxy groups -OCH3 is 2. The Hall–Kier alpha value is -2.12. The highest BCUT2D eigenvalue weighted by Gasteiger charge is 2.15. The standard InChI is InChI=1S/C18H29N3O4/c1-14-5-6-16(11-15(14)2)21(12-17(22)19-7-9-24-3)13-18(23)20-8-10-25-4/h5-6,11H,7-10,12-13H2,1-4H3,(H,19,22)(H,20,23). The molecule has 7 nitrogen and oxygen atoms in total. The molecule has 0 saturated heterocycles. The van der Waals surface area contributed by atoms with Gasteiger partial charge >= 0.3 is 0 Å². The van der Waals surface area contributed by atoms with Crippen molar-refractivity contribution in [1.29, 1.82) is 0 Å². The Bertz CT molecular complexity index is 539. The molecule has 7 heteroatoms. The number of carbonyl (C=O) groups is 2. The molecule has 0 radical (unpaired) electrons. The lowest BCUT2D eigenvalue weighted by Gasteiger charge is -2.24. The van der Waals surface area contributed by atoms with Crippen molar-refractivity contribution in [2.75, 3.05) is 58.5 Å². The third-order valence-electron chi connectivity index (χ3n) is 3.78. The predicted molar refractivity (Wildman–Crippen MR) is 97.9 cm³/mol. The molecular weight excluding hydrogens is 322 g/mol. The molecule has 0 aliphatic heterocycles. The van der Waals surface area contributed by atoms with Crippen molar-refractivity contribution in [3.8, 4) is 0 Å². The van der Waals surface area contributed by atoms with E-state index in [1.54, 1.807) is 19.1 Å². The van der Waals surface area contributed by atoms with Crippen LogP contribution in [0.1, 0.15) is 11.1 Å². The Morgan fingerprint density at radius 1 is 0.920 bits per heavy atom. The van der Waals surface area contributed by atoms with Crippen molar-refractivity contribution in [3.05, 3.63) is 29.3 Å². The number of carbonyl (C=O) groups excluding carboxylic acids is 2. The molecule has 0 atom stereocenters. The molecule has 0 bridgehead atoms. The largest absolute Gasteiger partial charge is 0.383 e. The fraction of sp³-hybridized carbons (Fsp3) is 0.556. The highest BCUT2D eigenvalue weighted by atomic mass is 16.5. The van der Waals surface area contributed by atoms with Gasteiger partial charge in [0.25, 0.3) is 0 Å². The molecule has 0 fully saturated rings. The lowest BCUT2D eigenvalue weighted by atomic mass is 10.1. The maximum absolute atomic E-state index is 12.1. The Balaban J connectivity index is 2.76. The number of ether oxygens (including phenoxy) is 2.